The first-order valence-electron chi connectivity index (χ1n) is 5.32. The first-order valence-corrected chi connectivity index (χ1v) is 6.40. The average molecular weight is 287 g/mol. The van der Waals surface area contributed by atoms with Gasteiger partial charge in [0.2, 0.25) is 0 Å². The molecular weight excluding hydrogens is 273 g/mol. The van der Waals surface area contributed by atoms with Crippen molar-refractivity contribution in [3.63, 3.8) is 0 Å². The Balaban J connectivity index is 1.99. The van der Waals surface area contributed by atoms with E-state index in [-0.39, 0.29) is 3.42 Å². The van der Waals surface area contributed by atoms with Crippen molar-refractivity contribution in [2.75, 3.05) is 0 Å². The van der Waals surface area contributed by atoms with Crippen LogP contribution >= 0.6 is 22.6 Å². The number of hydrogen-bond acceptors (Lipinski definition) is 1. The molecule has 0 amide bonds. The van der Waals surface area contributed by atoms with Crippen LogP contribution in [0.2, 0.25) is 0 Å². The van der Waals surface area contributed by atoms with Crippen molar-refractivity contribution < 1.29 is 0 Å². The third kappa shape index (κ3) is 1.03. The first kappa shape index (κ1) is 8.52. The highest BCUT2D eigenvalue weighted by atomic mass is 127. The monoisotopic (exact) mass is 287 g/mol. The van der Waals surface area contributed by atoms with Gasteiger partial charge in [-0.3, -0.25) is 0 Å². The lowest BCUT2D eigenvalue weighted by atomic mass is 9.52. The zero-order valence-electron chi connectivity index (χ0n) is 7.67. The molecule has 0 heterocycles. The van der Waals surface area contributed by atoms with E-state index in [0.717, 1.165) is 23.7 Å². The number of hydrogen-bond donors (Lipinski definition) is 0. The molecule has 13 heavy (non-hydrogen) atoms. The smallest absolute Gasteiger partial charge is 0.114 e. The van der Waals surface area contributed by atoms with Gasteiger partial charge in [-0.15, -0.1) is 0 Å². The van der Waals surface area contributed by atoms with E-state index in [1.807, 2.05) is 0 Å². The first-order chi connectivity index (χ1) is 6.22. The Labute approximate surface area is 93.0 Å². The molecular formula is C11H14IN. The summed E-state index contributed by atoms with van der Waals surface area (Å²) in [5.41, 5.74) is 0. The number of rotatable bonds is 0. The summed E-state index contributed by atoms with van der Waals surface area (Å²) in [5, 5.41) is 9.30. The maximum Gasteiger partial charge on any atom is 0.114 e. The van der Waals surface area contributed by atoms with Crippen molar-refractivity contribution in [1.82, 2.24) is 0 Å². The van der Waals surface area contributed by atoms with Crippen LogP contribution < -0.4 is 0 Å². The molecule has 0 N–H and O–H groups in total. The Morgan fingerprint density at radius 1 is 1.00 bits per heavy atom. The molecule has 0 radical (unpaired) electrons. The van der Waals surface area contributed by atoms with Crippen LogP contribution in [0.15, 0.2) is 0 Å². The van der Waals surface area contributed by atoms with Crippen molar-refractivity contribution in [3.8, 4) is 6.07 Å². The highest BCUT2D eigenvalue weighted by molar-refractivity contribution is 14.1. The van der Waals surface area contributed by atoms with Crippen LogP contribution in [0.1, 0.15) is 32.1 Å². The SMILES string of the molecule is N#CC1(I)C2CC3CC(C2)CC1C3. The Bertz CT molecular complexity index is 250. The van der Waals surface area contributed by atoms with Gasteiger partial charge in [0.05, 0.1) is 6.07 Å². The van der Waals surface area contributed by atoms with Gasteiger partial charge >= 0.3 is 0 Å². The Morgan fingerprint density at radius 2 is 1.46 bits per heavy atom. The lowest BCUT2D eigenvalue weighted by Gasteiger charge is -2.56. The normalized spacial score (nSPS) is 57.8. The maximum absolute atomic E-state index is 9.30. The molecule has 70 valence electrons. The van der Waals surface area contributed by atoms with E-state index >= 15 is 0 Å². The van der Waals surface area contributed by atoms with Gasteiger partial charge in [0.25, 0.3) is 0 Å². The lowest BCUT2D eigenvalue weighted by Crippen LogP contribution is -2.53. The van der Waals surface area contributed by atoms with Gasteiger partial charge in [0.15, 0.2) is 0 Å². The molecule has 4 saturated carbocycles. The van der Waals surface area contributed by atoms with Crippen molar-refractivity contribution >= 4 is 22.6 Å². The number of nitrogens with zero attached hydrogens (tertiary/aromatic N) is 1. The molecule has 0 aromatic heterocycles. The van der Waals surface area contributed by atoms with Crippen LogP contribution in [0.3, 0.4) is 0 Å². The molecule has 0 aliphatic heterocycles. The van der Waals surface area contributed by atoms with E-state index in [4.69, 9.17) is 0 Å². The Hall–Kier alpha value is 0.220. The minimum atomic E-state index is 0.0190. The summed E-state index contributed by atoms with van der Waals surface area (Å²) >= 11 is 2.46. The van der Waals surface area contributed by atoms with E-state index in [1.165, 1.54) is 32.1 Å². The van der Waals surface area contributed by atoms with E-state index in [9.17, 15) is 5.26 Å². The third-order valence-electron chi connectivity index (χ3n) is 4.50. The summed E-state index contributed by atoms with van der Waals surface area (Å²) in [7, 11) is 0. The van der Waals surface area contributed by atoms with Gasteiger partial charge in [-0.05, 0) is 55.8 Å². The summed E-state index contributed by atoms with van der Waals surface area (Å²) in [6.07, 6.45) is 6.88. The minimum absolute atomic E-state index is 0.0190. The summed E-state index contributed by atoms with van der Waals surface area (Å²) in [5.74, 6) is 3.43. The summed E-state index contributed by atoms with van der Waals surface area (Å²) in [4.78, 5) is 0. The fourth-order valence-corrected chi connectivity index (χ4v) is 5.07. The van der Waals surface area contributed by atoms with Gasteiger partial charge in [-0.2, -0.15) is 5.26 Å². The standard InChI is InChI=1S/C11H14IN/c12-11(6-13)9-2-7-1-8(4-9)5-10(11)3-7/h7-10H,1-5H2. The fourth-order valence-electron chi connectivity index (χ4n) is 4.05. The molecule has 4 rings (SSSR count). The molecule has 0 unspecified atom stereocenters. The third-order valence-corrected chi connectivity index (χ3v) is 6.50. The van der Waals surface area contributed by atoms with Gasteiger partial charge in [-0.1, -0.05) is 22.6 Å². The zero-order valence-corrected chi connectivity index (χ0v) is 9.83. The van der Waals surface area contributed by atoms with Crippen LogP contribution in [0.5, 0.6) is 0 Å². The molecule has 4 bridgehead atoms. The molecule has 0 saturated heterocycles. The Kier molecular flexibility index (Phi) is 1.72. The van der Waals surface area contributed by atoms with Gasteiger partial charge in [0, 0.05) is 0 Å². The van der Waals surface area contributed by atoms with E-state index in [0.29, 0.717) is 0 Å². The predicted octanol–water partition coefficient (Wildman–Crippen LogP) is 3.14. The molecule has 2 heteroatoms. The molecule has 4 aliphatic rings. The van der Waals surface area contributed by atoms with Crippen molar-refractivity contribution in [2.24, 2.45) is 23.7 Å². The minimum Gasteiger partial charge on any atom is -0.197 e. The molecule has 0 atom stereocenters. The van der Waals surface area contributed by atoms with Gasteiger partial charge in [-0.25, -0.2) is 0 Å². The highest BCUT2D eigenvalue weighted by Crippen LogP contribution is 2.61. The number of halogens is 1. The van der Waals surface area contributed by atoms with Crippen LogP contribution in [0.25, 0.3) is 0 Å². The Morgan fingerprint density at radius 3 is 1.85 bits per heavy atom. The van der Waals surface area contributed by atoms with Gasteiger partial charge < -0.3 is 0 Å². The van der Waals surface area contributed by atoms with E-state index < -0.39 is 0 Å². The average Bonchev–Trinajstić information content (AvgIpc) is 2.13. The predicted molar refractivity (Wildman–Crippen MR) is 59.4 cm³/mol. The summed E-state index contributed by atoms with van der Waals surface area (Å²) in [6, 6.07) is 2.61. The van der Waals surface area contributed by atoms with Crippen LogP contribution in [0, 0.1) is 35.0 Å². The lowest BCUT2D eigenvalue weighted by molar-refractivity contribution is 0.00987. The van der Waals surface area contributed by atoms with Crippen molar-refractivity contribution in [2.45, 2.75) is 35.5 Å². The topological polar surface area (TPSA) is 23.8 Å². The summed E-state index contributed by atoms with van der Waals surface area (Å²) < 4.78 is 0.0190. The molecule has 0 aromatic rings. The number of nitriles is 1. The molecule has 1 nitrogen and oxygen atoms in total. The van der Waals surface area contributed by atoms with Crippen LogP contribution in [-0.4, -0.2) is 3.42 Å². The maximum atomic E-state index is 9.30. The van der Waals surface area contributed by atoms with Crippen LogP contribution in [0.4, 0.5) is 0 Å². The second kappa shape index (κ2) is 2.62. The van der Waals surface area contributed by atoms with Crippen molar-refractivity contribution in [3.05, 3.63) is 0 Å². The molecule has 0 spiro atoms. The fraction of sp³-hybridized carbons (Fsp3) is 0.909. The quantitative estimate of drug-likeness (QED) is 0.496. The van der Waals surface area contributed by atoms with Crippen LogP contribution in [-0.2, 0) is 0 Å². The molecule has 4 fully saturated rings. The zero-order chi connectivity index (χ0) is 9.05. The largest absolute Gasteiger partial charge is 0.197 e. The highest BCUT2D eigenvalue weighted by Gasteiger charge is 2.56. The second-order valence-electron chi connectivity index (χ2n) is 5.18. The second-order valence-corrected chi connectivity index (χ2v) is 6.97. The van der Waals surface area contributed by atoms with E-state index in [1.54, 1.807) is 0 Å². The van der Waals surface area contributed by atoms with Crippen molar-refractivity contribution in [1.29, 1.82) is 5.26 Å². The summed E-state index contributed by atoms with van der Waals surface area (Å²) in [6.45, 7) is 0. The number of alkyl halides is 1. The molecule has 0 aromatic carbocycles. The molecule has 4 aliphatic carbocycles. The van der Waals surface area contributed by atoms with Gasteiger partial charge in [0.1, 0.15) is 3.42 Å². The van der Waals surface area contributed by atoms with E-state index in [2.05, 4.69) is 28.7 Å².